The molecule has 0 radical (unpaired) electrons. The summed E-state index contributed by atoms with van der Waals surface area (Å²) in [6, 6.07) is 5.48. The van der Waals surface area contributed by atoms with E-state index < -0.39 is 6.10 Å². The molecule has 0 bridgehead atoms. The first-order chi connectivity index (χ1) is 7.59. The van der Waals surface area contributed by atoms with Gasteiger partial charge in [-0.15, -0.1) is 0 Å². The number of hydrogen-bond donors (Lipinski definition) is 2. The lowest BCUT2D eigenvalue weighted by Gasteiger charge is -2.45. The average molecular weight is 305 g/mol. The lowest BCUT2D eigenvalue weighted by Crippen LogP contribution is -2.42. The SMILES string of the molecule is NCC1(C(O)c2cc(Cl)ccc2Br)CCC1. The lowest BCUT2D eigenvalue weighted by molar-refractivity contribution is -0.0301. The Kier molecular flexibility index (Phi) is 3.59. The zero-order chi connectivity index (χ0) is 11.8. The van der Waals surface area contributed by atoms with E-state index in [0.717, 1.165) is 29.3 Å². The highest BCUT2D eigenvalue weighted by Gasteiger charge is 2.43. The Morgan fingerprint density at radius 3 is 2.69 bits per heavy atom. The Morgan fingerprint density at radius 2 is 2.19 bits per heavy atom. The first-order valence-corrected chi connectivity index (χ1v) is 6.59. The number of aliphatic hydroxyl groups is 1. The van der Waals surface area contributed by atoms with Gasteiger partial charge in [0.25, 0.3) is 0 Å². The maximum absolute atomic E-state index is 10.4. The van der Waals surface area contributed by atoms with Crippen molar-refractivity contribution < 1.29 is 5.11 Å². The third kappa shape index (κ3) is 2.02. The molecular formula is C12H15BrClNO. The molecule has 1 aliphatic carbocycles. The molecule has 88 valence electrons. The Balaban J connectivity index is 2.32. The van der Waals surface area contributed by atoms with Crippen molar-refractivity contribution in [2.75, 3.05) is 6.54 Å². The van der Waals surface area contributed by atoms with Crippen LogP contribution in [0.4, 0.5) is 0 Å². The molecule has 1 aliphatic rings. The van der Waals surface area contributed by atoms with Crippen LogP contribution in [-0.4, -0.2) is 11.7 Å². The van der Waals surface area contributed by atoms with Gasteiger partial charge in [-0.3, -0.25) is 0 Å². The summed E-state index contributed by atoms with van der Waals surface area (Å²) in [4.78, 5) is 0. The number of halogens is 2. The third-order valence-corrected chi connectivity index (χ3v) is 4.55. The first kappa shape index (κ1) is 12.4. The number of nitrogens with two attached hydrogens (primary N) is 1. The third-order valence-electron chi connectivity index (χ3n) is 3.59. The molecule has 0 amide bonds. The highest BCUT2D eigenvalue weighted by Crippen LogP contribution is 2.50. The highest BCUT2D eigenvalue weighted by molar-refractivity contribution is 9.10. The van der Waals surface area contributed by atoms with Crippen LogP contribution in [0.25, 0.3) is 0 Å². The van der Waals surface area contributed by atoms with Gasteiger partial charge in [-0.05, 0) is 36.6 Å². The minimum absolute atomic E-state index is 0.146. The largest absolute Gasteiger partial charge is 0.388 e. The molecule has 0 heterocycles. The Labute approximate surface area is 109 Å². The van der Waals surface area contributed by atoms with Crippen LogP contribution in [0.15, 0.2) is 22.7 Å². The van der Waals surface area contributed by atoms with E-state index in [-0.39, 0.29) is 5.41 Å². The fourth-order valence-electron chi connectivity index (χ4n) is 2.27. The predicted octanol–water partition coefficient (Wildman–Crippen LogP) is 3.26. The van der Waals surface area contributed by atoms with Gasteiger partial charge in [-0.25, -0.2) is 0 Å². The summed E-state index contributed by atoms with van der Waals surface area (Å²) in [7, 11) is 0. The first-order valence-electron chi connectivity index (χ1n) is 5.42. The fraction of sp³-hybridized carbons (Fsp3) is 0.500. The molecule has 1 aromatic rings. The van der Waals surface area contributed by atoms with Crippen LogP contribution in [0.5, 0.6) is 0 Å². The van der Waals surface area contributed by atoms with E-state index in [1.807, 2.05) is 12.1 Å². The minimum Gasteiger partial charge on any atom is -0.388 e. The van der Waals surface area contributed by atoms with Crippen LogP contribution in [0.1, 0.15) is 30.9 Å². The summed E-state index contributed by atoms with van der Waals surface area (Å²) in [5.41, 5.74) is 6.49. The molecule has 1 atom stereocenters. The van der Waals surface area contributed by atoms with E-state index in [4.69, 9.17) is 17.3 Å². The van der Waals surface area contributed by atoms with Crippen LogP contribution in [-0.2, 0) is 0 Å². The standard InChI is InChI=1S/C12H15BrClNO/c13-10-3-2-8(14)6-9(10)11(16)12(7-15)4-1-5-12/h2-3,6,11,16H,1,4-5,7,15H2. The van der Waals surface area contributed by atoms with Crippen molar-refractivity contribution in [2.24, 2.45) is 11.1 Å². The Morgan fingerprint density at radius 1 is 1.50 bits per heavy atom. The predicted molar refractivity (Wildman–Crippen MR) is 69.5 cm³/mol. The number of hydrogen-bond acceptors (Lipinski definition) is 2. The van der Waals surface area contributed by atoms with Crippen LogP contribution >= 0.6 is 27.5 Å². The molecule has 16 heavy (non-hydrogen) atoms. The fourth-order valence-corrected chi connectivity index (χ4v) is 2.92. The summed E-state index contributed by atoms with van der Waals surface area (Å²) in [6.45, 7) is 0.521. The average Bonchev–Trinajstić information content (AvgIpc) is 2.21. The van der Waals surface area contributed by atoms with Gasteiger partial charge in [0.2, 0.25) is 0 Å². The number of rotatable bonds is 3. The van der Waals surface area contributed by atoms with Crippen LogP contribution in [0.3, 0.4) is 0 Å². The Hall–Kier alpha value is -0.0900. The van der Waals surface area contributed by atoms with Crippen molar-refractivity contribution in [1.82, 2.24) is 0 Å². The maximum atomic E-state index is 10.4. The summed E-state index contributed by atoms with van der Waals surface area (Å²) >= 11 is 9.40. The second-order valence-electron chi connectivity index (χ2n) is 4.49. The molecule has 0 spiro atoms. The van der Waals surface area contributed by atoms with Gasteiger partial charge in [0.05, 0.1) is 6.10 Å². The van der Waals surface area contributed by atoms with E-state index in [1.54, 1.807) is 6.07 Å². The molecule has 1 fully saturated rings. The second-order valence-corrected chi connectivity index (χ2v) is 5.78. The van der Waals surface area contributed by atoms with Crippen molar-refractivity contribution in [2.45, 2.75) is 25.4 Å². The zero-order valence-corrected chi connectivity index (χ0v) is 11.3. The summed E-state index contributed by atoms with van der Waals surface area (Å²) in [5, 5.41) is 11.1. The normalized spacial score (nSPS) is 20.2. The molecule has 1 saturated carbocycles. The van der Waals surface area contributed by atoms with Crippen molar-refractivity contribution in [3.63, 3.8) is 0 Å². The van der Waals surface area contributed by atoms with Gasteiger partial charge in [0.15, 0.2) is 0 Å². The van der Waals surface area contributed by atoms with Gasteiger partial charge in [0, 0.05) is 21.5 Å². The number of benzene rings is 1. The van der Waals surface area contributed by atoms with Gasteiger partial charge < -0.3 is 10.8 Å². The van der Waals surface area contributed by atoms with Crippen LogP contribution in [0.2, 0.25) is 5.02 Å². The van der Waals surface area contributed by atoms with Gasteiger partial charge >= 0.3 is 0 Å². The molecule has 0 saturated heterocycles. The monoisotopic (exact) mass is 303 g/mol. The van der Waals surface area contributed by atoms with Crippen LogP contribution < -0.4 is 5.73 Å². The quantitative estimate of drug-likeness (QED) is 0.900. The van der Waals surface area contributed by atoms with Gasteiger partial charge in [-0.2, -0.15) is 0 Å². The molecular weight excluding hydrogens is 289 g/mol. The smallest absolute Gasteiger partial charge is 0.0869 e. The zero-order valence-electron chi connectivity index (χ0n) is 8.92. The second kappa shape index (κ2) is 4.65. The van der Waals surface area contributed by atoms with E-state index in [2.05, 4.69) is 15.9 Å². The van der Waals surface area contributed by atoms with Crippen molar-refractivity contribution in [1.29, 1.82) is 0 Å². The summed E-state index contributed by atoms with van der Waals surface area (Å²) < 4.78 is 0.893. The van der Waals surface area contributed by atoms with E-state index >= 15 is 0 Å². The van der Waals surface area contributed by atoms with Crippen LogP contribution in [0, 0.1) is 5.41 Å². The van der Waals surface area contributed by atoms with Crippen molar-refractivity contribution in [3.8, 4) is 0 Å². The van der Waals surface area contributed by atoms with Gasteiger partial charge in [-0.1, -0.05) is 34.0 Å². The van der Waals surface area contributed by atoms with Gasteiger partial charge in [0.1, 0.15) is 0 Å². The highest BCUT2D eigenvalue weighted by atomic mass is 79.9. The maximum Gasteiger partial charge on any atom is 0.0869 e. The van der Waals surface area contributed by atoms with E-state index in [0.29, 0.717) is 11.6 Å². The molecule has 3 N–H and O–H groups in total. The molecule has 4 heteroatoms. The minimum atomic E-state index is -0.528. The Bertz CT molecular complexity index is 387. The molecule has 2 rings (SSSR count). The molecule has 0 aliphatic heterocycles. The topological polar surface area (TPSA) is 46.2 Å². The van der Waals surface area contributed by atoms with Crippen molar-refractivity contribution in [3.05, 3.63) is 33.3 Å². The van der Waals surface area contributed by atoms with E-state index in [1.165, 1.54) is 0 Å². The number of aliphatic hydroxyl groups excluding tert-OH is 1. The molecule has 1 unspecified atom stereocenters. The molecule has 2 nitrogen and oxygen atoms in total. The molecule has 0 aromatic heterocycles. The van der Waals surface area contributed by atoms with Crippen molar-refractivity contribution >= 4 is 27.5 Å². The summed E-state index contributed by atoms with van der Waals surface area (Å²) in [6.07, 6.45) is 2.60. The van der Waals surface area contributed by atoms with E-state index in [9.17, 15) is 5.11 Å². The summed E-state index contributed by atoms with van der Waals surface area (Å²) in [5.74, 6) is 0. The molecule has 1 aromatic carbocycles. The lowest BCUT2D eigenvalue weighted by atomic mass is 9.63.